The molecular weight excluding hydrogens is 352 g/mol. The number of rotatable bonds is 10. The first kappa shape index (κ1) is 20.7. The third-order valence-electron chi connectivity index (χ3n) is 3.59. The van der Waals surface area contributed by atoms with E-state index in [-0.39, 0.29) is 10.7 Å². The quantitative estimate of drug-likeness (QED) is 0.497. The van der Waals surface area contributed by atoms with Crippen molar-refractivity contribution < 1.29 is 18.3 Å². The number of halogens is 1. The van der Waals surface area contributed by atoms with E-state index in [9.17, 15) is 13.6 Å². The molecule has 1 unspecified atom stereocenters. The normalized spacial score (nSPS) is 11.9. The van der Waals surface area contributed by atoms with Gasteiger partial charge in [-0.25, -0.2) is 4.79 Å². The third kappa shape index (κ3) is 5.96. The molecule has 0 saturated carbocycles. The van der Waals surface area contributed by atoms with Crippen molar-refractivity contribution in [3.63, 3.8) is 0 Å². The van der Waals surface area contributed by atoms with Gasteiger partial charge in [0.15, 0.2) is 0 Å². The van der Waals surface area contributed by atoms with Crippen molar-refractivity contribution in [1.29, 1.82) is 0 Å². The lowest BCUT2D eigenvalue weighted by Gasteiger charge is -2.27. The number of carbonyl (C=O) groups excluding carboxylic acids is 1. The van der Waals surface area contributed by atoms with Crippen LogP contribution in [0.2, 0.25) is 5.02 Å². The van der Waals surface area contributed by atoms with Crippen LogP contribution in [0.15, 0.2) is 12.1 Å². The van der Waals surface area contributed by atoms with Gasteiger partial charge in [-0.15, -0.1) is 0 Å². The molecule has 0 radical (unpaired) electrons. The molecule has 1 aromatic rings. The molecule has 1 rings (SSSR count). The van der Waals surface area contributed by atoms with Gasteiger partial charge in [-0.3, -0.25) is 4.21 Å². The van der Waals surface area contributed by atoms with Crippen LogP contribution in [0.1, 0.15) is 49.9 Å². The van der Waals surface area contributed by atoms with E-state index in [1.54, 1.807) is 6.07 Å². The summed E-state index contributed by atoms with van der Waals surface area (Å²) in [5.41, 5.74) is 1.11. The van der Waals surface area contributed by atoms with Crippen molar-refractivity contribution in [2.24, 2.45) is 0 Å². The second-order valence-electron chi connectivity index (χ2n) is 5.37. The van der Waals surface area contributed by atoms with Crippen LogP contribution in [0.3, 0.4) is 0 Å². The summed E-state index contributed by atoms with van der Waals surface area (Å²) in [6.07, 6.45) is 4.01. The zero-order chi connectivity index (χ0) is 18.1. The van der Waals surface area contributed by atoms with Gasteiger partial charge in [0.05, 0.1) is 29.1 Å². The van der Waals surface area contributed by atoms with Crippen LogP contribution in [0.25, 0.3) is 0 Å². The number of unbranched alkanes of at least 4 members (excludes halogenated alkanes) is 2. The van der Waals surface area contributed by atoms with E-state index in [4.69, 9.17) is 16.3 Å². The number of benzene rings is 1. The summed E-state index contributed by atoms with van der Waals surface area (Å²) < 4.78 is 28.8. The molecule has 0 aliphatic carbocycles. The van der Waals surface area contributed by atoms with Crippen LogP contribution >= 0.6 is 11.6 Å². The highest BCUT2D eigenvalue weighted by Gasteiger charge is 2.20. The topological polar surface area (TPSA) is 81.7 Å². The molecular formula is C16H24ClN2O4S-. The van der Waals surface area contributed by atoms with Crippen LogP contribution in [0.5, 0.6) is 0 Å². The maximum Gasteiger partial charge on any atom is 0.340 e. The maximum absolute atomic E-state index is 12.2. The summed E-state index contributed by atoms with van der Waals surface area (Å²) >= 11 is 3.66. The van der Waals surface area contributed by atoms with Gasteiger partial charge in [-0.05, 0) is 25.0 Å². The highest BCUT2D eigenvalue weighted by molar-refractivity contribution is 7.80. The second kappa shape index (κ2) is 10.5. The zero-order valence-electron chi connectivity index (χ0n) is 14.3. The lowest BCUT2D eigenvalue weighted by molar-refractivity contribution is 0.0601. The SMILES string of the molecule is CCCCN(CCCC)c1cc(Cl)c(NS(=O)[O-])cc1C(=O)OC. The van der Waals surface area contributed by atoms with Gasteiger partial charge in [-0.1, -0.05) is 38.3 Å². The van der Waals surface area contributed by atoms with Gasteiger partial charge >= 0.3 is 5.97 Å². The summed E-state index contributed by atoms with van der Waals surface area (Å²) in [5, 5.41) is 0.236. The molecule has 0 heterocycles. The summed E-state index contributed by atoms with van der Waals surface area (Å²) in [6, 6.07) is 3.04. The van der Waals surface area contributed by atoms with Crippen LogP contribution in [0, 0.1) is 0 Å². The Hall–Kier alpha value is -1.31. The summed E-state index contributed by atoms with van der Waals surface area (Å²) in [7, 11) is 1.29. The number of hydrogen-bond donors (Lipinski definition) is 1. The number of methoxy groups -OCH3 is 1. The highest BCUT2D eigenvalue weighted by atomic mass is 35.5. The fourth-order valence-corrected chi connectivity index (χ4v) is 2.93. The van der Waals surface area contributed by atoms with Crippen molar-refractivity contribution >= 4 is 40.2 Å². The number of ether oxygens (including phenoxy) is 1. The van der Waals surface area contributed by atoms with Gasteiger partial charge in [0.25, 0.3) is 0 Å². The molecule has 136 valence electrons. The lowest BCUT2D eigenvalue weighted by atomic mass is 10.1. The molecule has 1 aromatic carbocycles. The van der Waals surface area contributed by atoms with E-state index in [1.165, 1.54) is 13.2 Å². The predicted octanol–water partition coefficient (Wildman–Crippen LogP) is 3.74. The zero-order valence-corrected chi connectivity index (χ0v) is 15.8. The van der Waals surface area contributed by atoms with Crippen LogP contribution in [-0.4, -0.2) is 34.9 Å². The number of nitrogens with one attached hydrogen (secondary N) is 1. The largest absolute Gasteiger partial charge is 0.755 e. The Labute approximate surface area is 150 Å². The molecule has 0 aliphatic heterocycles. The van der Waals surface area contributed by atoms with Gasteiger partial charge in [0.2, 0.25) is 0 Å². The smallest absolute Gasteiger partial charge is 0.340 e. The summed E-state index contributed by atoms with van der Waals surface area (Å²) in [6.45, 7) is 5.78. The minimum absolute atomic E-state index is 0.153. The average Bonchev–Trinajstić information content (AvgIpc) is 2.55. The molecule has 1 N–H and O–H groups in total. The van der Waals surface area contributed by atoms with E-state index >= 15 is 0 Å². The Balaban J connectivity index is 3.31. The minimum Gasteiger partial charge on any atom is -0.755 e. The molecule has 0 spiro atoms. The first-order valence-corrected chi connectivity index (χ1v) is 9.42. The van der Waals surface area contributed by atoms with E-state index in [0.717, 1.165) is 38.8 Å². The van der Waals surface area contributed by atoms with Crippen LogP contribution < -0.4 is 9.62 Å². The van der Waals surface area contributed by atoms with E-state index < -0.39 is 17.2 Å². The Morgan fingerprint density at radius 3 is 2.33 bits per heavy atom. The van der Waals surface area contributed by atoms with Crippen molar-refractivity contribution in [1.82, 2.24) is 0 Å². The van der Waals surface area contributed by atoms with Crippen LogP contribution in [-0.2, 0) is 16.0 Å². The Bertz CT molecular complexity index is 575. The molecule has 0 aliphatic rings. The second-order valence-corrected chi connectivity index (χ2v) is 6.45. The average molecular weight is 376 g/mol. The Morgan fingerprint density at radius 2 is 1.88 bits per heavy atom. The molecule has 0 bridgehead atoms. The van der Waals surface area contributed by atoms with Crippen LogP contribution in [0.4, 0.5) is 11.4 Å². The minimum atomic E-state index is -2.53. The van der Waals surface area contributed by atoms with Gasteiger partial charge in [0, 0.05) is 24.4 Å². The monoisotopic (exact) mass is 375 g/mol. The van der Waals surface area contributed by atoms with Gasteiger partial charge in [-0.2, -0.15) is 0 Å². The molecule has 0 amide bonds. The van der Waals surface area contributed by atoms with Gasteiger partial charge in [0.1, 0.15) is 0 Å². The van der Waals surface area contributed by atoms with E-state index in [2.05, 4.69) is 23.5 Å². The fourth-order valence-electron chi connectivity index (χ4n) is 2.32. The standard InChI is InChI=1S/C16H25ClN2O4S/c1-4-6-8-19(9-7-5-2)15-11-13(17)14(18-24(21)22)10-12(15)16(20)23-3/h10-11,18H,4-9H2,1-3H3,(H,21,22)/p-1. The molecule has 24 heavy (non-hydrogen) atoms. The van der Waals surface area contributed by atoms with Crippen molar-refractivity contribution in [2.75, 3.05) is 29.8 Å². The third-order valence-corrected chi connectivity index (χ3v) is 4.29. The maximum atomic E-state index is 12.2. The summed E-state index contributed by atoms with van der Waals surface area (Å²) in [5.74, 6) is -0.528. The molecule has 0 saturated heterocycles. The first-order chi connectivity index (χ1) is 11.4. The van der Waals surface area contributed by atoms with Crippen molar-refractivity contribution in [3.8, 4) is 0 Å². The van der Waals surface area contributed by atoms with E-state index in [0.29, 0.717) is 11.3 Å². The molecule has 1 atom stereocenters. The molecule has 6 nitrogen and oxygen atoms in total. The van der Waals surface area contributed by atoms with Crippen molar-refractivity contribution in [2.45, 2.75) is 39.5 Å². The highest BCUT2D eigenvalue weighted by Crippen LogP contribution is 2.33. The molecule has 0 aromatic heterocycles. The number of hydrogen-bond acceptors (Lipinski definition) is 5. The van der Waals surface area contributed by atoms with E-state index in [1.807, 2.05) is 0 Å². The number of carbonyl (C=O) groups is 1. The van der Waals surface area contributed by atoms with Crippen molar-refractivity contribution in [3.05, 3.63) is 22.7 Å². The predicted molar refractivity (Wildman–Crippen MR) is 97.4 cm³/mol. The van der Waals surface area contributed by atoms with Gasteiger partial charge < -0.3 is 18.9 Å². The number of nitrogens with zero attached hydrogens (tertiary/aromatic N) is 1. The Morgan fingerprint density at radius 1 is 1.29 bits per heavy atom. The number of esters is 1. The lowest BCUT2D eigenvalue weighted by Crippen LogP contribution is -2.28. The molecule has 0 fully saturated rings. The first-order valence-electron chi connectivity index (χ1n) is 7.97. The number of anilines is 2. The summed E-state index contributed by atoms with van der Waals surface area (Å²) in [4.78, 5) is 14.3. The Kier molecular flexibility index (Phi) is 9.10. The fraction of sp³-hybridized carbons (Fsp3) is 0.562. The molecule has 8 heteroatoms.